The summed E-state index contributed by atoms with van der Waals surface area (Å²) in [6.07, 6.45) is 1.39. The lowest BCUT2D eigenvalue weighted by Crippen LogP contribution is -2.28. The molecule has 0 radical (unpaired) electrons. The quantitative estimate of drug-likeness (QED) is 0.808. The van der Waals surface area contributed by atoms with E-state index in [1.807, 2.05) is 0 Å². The molecule has 0 spiro atoms. The molecule has 0 aliphatic heterocycles. The summed E-state index contributed by atoms with van der Waals surface area (Å²) in [6, 6.07) is 0. The number of anilines is 1. The van der Waals surface area contributed by atoms with Crippen molar-refractivity contribution in [3.8, 4) is 0 Å². The first-order chi connectivity index (χ1) is 8.10. The second-order valence-corrected chi connectivity index (χ2v) is 3.87. The number of halogens is 1. The summed E-state index contributed by atoms with van der Waals surface area (Å²) in [5.41, 5.74) is 0.158. The van der Waals surface area contributed by atoms with Gasteiger partial charge in [-0.25, -0.2) is 4.68 Å². The molecule has 0 aliphatic rings. The zero-order valence-corrected chi connectivity index (χ0v) is 10.8. The Morgan fingerprint density at radius 2 is 2.29 bits per heavy atom. The van der Waals surface area contributed by atoms with Gasteiger partial charge in [0, 0.05) is 27.8 Å². The molecule has 0 saturated heterocycles. The first-order valence-electron chi connectivity index (χ1n) is 5.07. The number of nitrogens with zero attached hydrogens (tertiary/aromatic N) is 2. The van der Waals surface area contributed by atoms with Crippen LogP contribution in [0.2, 0.25) is 5.02 Å². The van der Waals surface area contributed by atoms with Crippen molar-refractivity contribution < 1.29 is 9.47 Å². The highest BCUT2D eigenvalue weighted by molar-refractivity contribution is 6.32. The lowest BCUT2D eigenvalue weighted by Gasteiger charge is -2.16. The fraction of sp³-hybridized carbons (Fsp3) is 0.600. The van der Waals surface area contributed by atoms with Crippen molar-refractivity contribution in [3.63, 3.8) is 0 Å². The highest BCUT2D eigenvalue weighted by atomic mass is 35.5. The molecular weight excluding hydrogens is 246 g/mol. The van der Waals surface area contributed by atoms with Crippen LogP contribution in [0.3, 0.4) is 0 Å². The van der Waals surface area contributed by atoms with E-state index >= 15 is 0 Å². The van der Waals surface area contributed by atoms with Crippen molar-refractivity contribution in [1.29, 1.82) is 0 Å². The molecule has 0 fully saturated rings. The van der Waals surface area contributed by atoms with Gasteiger partial charge in [-0.15, -0.1) is 0 Å². The van der Waals surface area contributed by atoms with Crippen LogP contribution in [0, 0.1) is 0 Å². The molecule has 0 aromatic carbocycles. The predicted molar refractivity (Wildman–Crippen MR) is 65.7 cm³/mol. The zero-order chi connectivity index (χ0) is 12.8. The van der Waals surface area contributed by atoms with E-state index in [9.17, 15) is 4.79 Å². The molecule has 0 saturated carbocycles. The van der Waals surface area contributed by atoms with Crippen LogP contribution in [-0.2, 0) is 16.5 Å². The number of methoxy groups -OCH3 is 2. The summed E-state index contributed by atoms with van der Waals surface area (Å²) in [7, 11) is 4.73. The van der Waals surface area contributed by atoms with Crippen molar-refractivity contribution in [1.82, 2.24) is 9.78 Å². The molecular formula is C10H16ClN3O3. The molecule has 17 heavy (non-hydrogen) atoms. The summed E-state index contributed by atoms with van der Waals surface area (Å²) in [6.45, 7) is 0.943. The number of rotatable bonds is 6. The van der Waals surface area contributed by atoms with Gasteiger partial charge in [0.05, 0.1) is 24.6 Å². The summed E-state index contributed by atoms with van der Waals surface area (Å²) in [5.74, 6) is 0. The van der Waals surface area contributed by atoms with Crippen molar-refractivity contribution in [2.45, 2.75) is 6.10 Å². The van der Waals surface area contributed by atoms with E-state index in [1.54, 1.807) is 21.3 Å². The molecule has 1 atom stereocenters. The first-order valence-corrected chi connectivity index (χ1v) is 5.45. The molecule has 1 aromatic rings. The number of hydrogen-bond acceptors (Lipinski definition) is 5. The van der Waals surface area contributed by atoms with Gasteiger partial charge in [0.1, 0.15) is 5.02 Å². The highest BCUT2D eigenvalue weighted by Crippen LogP contribution is 2.14. The van der Waals surface area contributed by atoms with Crippen LogP contribution in [-0.4, -0.2) is 43.3 Å². The number of nitrogens with one attached hydrogen (secondary N) is 1. The molecule has 1 N–H and O–H groups in total. The number of aromatic nitrogens is 2. The van der Waals surface area contributed by atoms with Gasteiger partial charge in [0.2, 0.25) is 0 Å². The van der Waals surface area contributed by atoms with Gasteiger partial charge in [0.25, 0.3) is 5.56 Å². The van der Waals surface area contributed by atoms with E-state index in [4.69, 9.17) is 21.1 Å². The monoisotopic (exact) mass is 261 g/mol. The van der Waals surface area contributed by atoms with E-state index in [0.29, 0.717) is 18.8 Å². The van der Waals surface area contributed by atoms with Crippen molar-refractivity contribution in [2.75, 3.05) is 32.7 Å². The number of hydrogen-bond donors (Lipinski definition) is 1. The predicted octanol–water partition coefficient (Wildman–Crippen LogP) is 0.507. The Bertz CT molecular complexity index is 422. The van der Waals surface area contributed by atoms with Crippen LogP contribution in [0.25, 0.3) is 0 Å². The maximum atomic E-state index is 11.5. The van der Waals surface area contributed by atoms with Gasteiger partial charge < -0.3 is 14.8 Å². The van der Waals surface area contributed by atoms with Gasteiger partial charge in [-0.2, -0.15) is 5.10 Å². The molecule has 0 aliphatic carbocycles. The lowest BCUT2D eigenvalue weighted by molar-refractivity contribution is 0.0365. The Balaban J connectivity index is 2.69. The Morgan fingerprint density at radius 3 is 2.88 bits per heavy atom. The second kappa shape index (κ2) is 6.58. The summed E-state index contributed by atoms with van der Waals surface area (Å²) >= 11 is 5.89. The van der Waals surface area contributed by atoms with Gasteiger partial charge in [-0.05, 0) is 0 Å². The van der Waals surface area contributed by atoms with E-state index < -0.39 is 0 Å². The maximum Gasteiger partial charge on any atom is 0.287 e. The molecule has 7 heteroatoms. The molecule has 1 rings (SSSR count). The average Bonchev–Trinajstić information content (AvgIpc) is 2.33. The summed E-state index contributed by atoms with van der Waals surface area (Å²) in [4.78, 5) is 11.5. The third kappa shape index (κ3) is 3.69. The van der Waals surface area contributed by atoms with Gasteiger partial charge in [0.15, 0.2) is 0 Å². The average molecular weight is 262 g/mol. The minimum atomic E-state index is -0.336. The zero-order valence-electron chi connectivity index (χ0n) is 10.1. The van der Waals surface area contributed by atoms with Crippen LogP contribution < -0.4 is 10.9 Å². The molecule has 1 unspecified atom stereocenters. The first kappa shape index (κ1) is 14.0. The summed E-state index contributed by atoms with van der Waals surface area (Å²) in [5, 5.41) is 7.00. The number of aryl methyl sites for hydroxylation is 1. The van der Waals surface area contributed by atoms with Crippen molar-refractivity contribution >= 4 is 17.3 Å². The summed E-state index contributed by atoms with van der Waals surface area (Å²) < 4.78 is 11.3. The van der Waals surface area contributed by atoms with Crippen LogP contribution in [0.1, 0.15) is 0 Å². The second-order valence-electron chi connectivity index (χ2n) is 3.49. The van der Waals surface area contributed by atoms with E-state index in [1.165, 1.54) is 10.9 Å². The Kier molecular flexibility index (Phi) is 5.40. The Labute approximate surface area is 104 Å². The van der Waals surface area contributed by atoms with Gasteiger partial charge in [-0.1, -0.05) is 11.6 Å². The normalized spacial score (nSPS) is 12.5. The van der Waals surface area contributed by atoms with Crippen LogP contribution in [0.15, 0.2) is 11.0 Å². The standard InChI is InChI=1S/C10H16ClN3O3/c1-14-10(15)9(11)8(5-13-14)12-4-7(17-3)6-16-2/h5,7,12H,4,6H2,1-3H3. The largest absolute Gasteiger partial charge is 0.382 e. The highest BCUT2D eigenvalue weighted by Gasteiger charge is 2.10. The molecule has 0 bridgehead atoms. The van der Waals surface area contributed by atoms with Crippen LogP contribution in [0.5, 0.6) is 0 Å². The third-order valence-corrected chi connectivity index (χ3v) is 2.65. The van der Waals surface area contributed by atoms with Crippen molar-refractivity contribution in [3.05, 3.63) is 21.6 Å². The smallest absolute Gasteiger partial charge is 0.287 e. The fourth-order valence-corrected chi connectivity index (χ4v) is 1.49. The SMILES string of the molecule is COCC(CNc1cnn(C)c(=O)c1Cl)OC. The van der Waals surface area contributed by atoms with Crippen molar-refractivity contribution in [2.24, 2.45) is 7.05 Å². The molecule has 96 valence electrons. The maximum absolute atomic E-state index is 11.5. The Morgan fingerprint density at radius 1 is 1.59 bits per heavy atom. The third-order valence-electron chi connectivity index (χ3n) is 2.28. The molecule has 1 aromatic heterocycles. The van der Waals surface area contributed by atoms with E-state index in [0.717, 1.165) is 0 Å². The van der Waals surface area contributed by atoms with Crippen LogP contribution >= 0.6 is 11.6 Å². The molecule has 6 nitrogen and oxygen atoms in total. The van der Waals surface area contributed by atoms with E-state index in [-0.39, 0.29) is 16.7 Å². The van der Waals surface area contributed by atoms with Crippen LogP contribution in [0.4, 0.5) is 5.69 Å². The molecule has 0 amide bonds. The fourth-order valence-electron chi connectivity index (χ4n) is 1.25. The topological polar surface area (TPSA) is 65.4 Å². The van der Waals surface area contributed by atoms with E-state index in [2.05, 4.69) is 10.4 Å². The van der Waals surface area contributed by atoms with Gasteiger partial charge in [-0.3, -0.25) is 4.79 Å². The minimum absolute atomic E-state index is 0.111. The minimum Gasteiger partial charge on any atom is -0.382 e. The molecule has 1 heterocycles. The Hall–Kier alpha value is -1.11. The number of ether oxygens (including phenoxy) is 2. The van der Waals surface area contributed by atoms with Gasteiger partial charge >= 0.3 is 0 Å². The lowest BCUT2D eigenvalue weighted by atomic mass is 10.3.